The highest BCUT2D eigenvalue weighted by molar-refractivity contribution is 5.93. The van der Waals surface area contributed by atoms with Gasteiger partial charge >= 0.3 is 11.9 Å². The van der Waals surface area contributed by atoms with Crippen molar-refractivity contribution in [1.29, 1.82) is 0 Å². The van der Waals surface area contributed by atoms with Crippen LogP contribution >= 0.6 is 0 Å². The maximum atomic E-state index is 12.0. The lowest BCUT2D eigenvalue weighted by molar-refractivity contribution is -0.384. The fourth-order valence-corrected chi connectivity index (χ4v) is 2.00. The van der Waals surface area contributed by atoms with Crippen molar-refractivity contribution in [2.24, 2.45) is 0 Å². The fourth-order valence-electron chi connectivity index (χ4n) is 2.00. The molecule has 0 radical (unpaired) electrons. The van der Waals surface area contributed by atoms with Crippen molar-refractivity contribution in [2.75, 3.05) is 39.3 Å². The normalized spacial score (nSPS) is 9.96. The Balaban J connectivity index is 2.55. The Labute approximate surface area is 150 Å². The Morgan fingerprint density at radius 3 is 2.54 bits per heavy atom. The van der Waals surface area contributed by atoms with Crippen LogP contribution in [-0.2, 0) is 19.1 Å². The van der Waals surface area contributed by atoms with Crippen LogP contribution < -0.4 is 10.2 Å². The van der Waals surface area contributed by atoms with Crippen molar-refractivity contribution >= 4 is 29.2 Å². The third-order valence-electron chi connectivity index (χ3n) is 3.33. The number of nitro benzene ring substituents is 1. The summed E-state index contributed by atoms with van der Waals surface area (Å²) in [6.45, 7) is -0.297. The lowest BCUT2D eigenvalue weighted by Gasteiger charge is -2.13. The number of methoxy groups -OCH3 is 1. The maximum absolute atomic E-state index is 12.0. The molecule has 0 aromatic heterocycles. The minimum absolute atomic E-state index is 0.0270. The molecule has 0 unspecified atom stereocenters. The molecular formula is C16H21N3O7. The van der Waals surface area contributed by atoms with E-state index in [-0.39, 0.29) is 30.2 Å². The molecule has 0 aliphatic carbocycles. The molecule has 1 aromatic carbocycles. The quantitative estimate of drug-likeness (QED) is 0.295. The van der Waals surface area contributed by atoms with Gasteiger partial charge in [-0.3, -0.25) is 19.7 Å². The van der Waals surface area contributed by atoms with E-state index in [2.05, 4.69) is 10.1 Å². The number of carbonyl (C=O) groups excluding carboxylic acids is 3. The molecular weight excluding hydrogens is 346 g/mol. The number of esters is 2. The summed E-state index contributed by atoms with van der Waals surface area (Å²) in [5.74, 6) is -1.76. The number of anilines is 1. The van der Waals surface area contributed by atoms with E-state index in [4.69, 9.17) is 4.74 Å². The van der Waals surface area contributed by atoms with Gasteiger partial charge in [-0.1, -0.05) is 0 Å². The molecule has 0 aliphatic heterocycles. The Morgan fingerprint density at radius 2 is 1.96 bits per heavy atom. The molecule has 0 spiro atoms. The van der Waals surface area contributed by atoms with Gasteiger partial charge in [0.2, 0.25) is 0 Å². The predicted molar refractivity (Wildman–Crippen MR) is 92.0 cm³/mol. The molecule has 1 amide bonds. The first-order chi connectivity index (χ1) is 12.3. The standard InChI is InChI=1S/C16H21N3O7/c1-18(2)12-7-6-11(9-13(12)19(23)24)16(22)26-10-14(20)17-8-4-5-15(21)25-3/h6-7,9H,4-5,8,10H2,1-3H3,(H,17,20). The number of benzene rings is 1. The molecule has 26 heavy (non-hydrogen) atoms. The van der Waals surface area contributed by atoms with Gasteiger partial charge in [-0.15, -0.1) is 0 Å². The summed E-state index contributed by atoms with van der Waals surface area (Å²) >= 11 is 0. The van der Waals surface area contributed by atoms with E-state index in [1.165, 1.54) is 19.2 Å². The van der Waals surface area contributed by atoms with Crippen molar-refractivity contribution in [1.82, 2.24) is 5.32 Å². The first-order valence-electron chi connectivity index (χ1n) is 7.72. The van der Waals surface area contributed by atoms with Crippen LogP contribution in [0.3, 0.4) is 0 Å². The molecule has 1 aromatic rings. The molecule has 0 saturated heterocycles. The van der Waals surface area contributed by atoms with Crippen LogP contribution in [0, 0.1) is 10.1 Å². The molecule has 10 nitrogen and oxygen atoms in total. The first kappa shape index (κ1) is 20.9. The van der Waals surface area contributed by atoms with Crippen LogP contribution in [0.5, 0.6) is 0 Å². The summed E-state index contributed by atoms with van der Waals surface area (Å²) in [7, 11) is 4.56. The summed E-state index contributed by atoms with van der Waals surface area (Å²) in [6, 6.07) is 3.92. The highest BCUT2D eigenvalue weighted by atomic mass is 16.6. The third-order valence-corrected chi connectivity index (χ3v) is 3.33. The van der Waals surface area contributed by atoms with Crippen LogP contribution in [0.4, 0.5) is 11.4 Å². The highest BCUT2D eigenvalue weighted by Crippen LogP contribution is 2.27. The van der Waals surface area contributed by atoms with Gasteiger partial charge in [-0.25, -0.2) is 4.79 Å². The van der Waals surface area contributed by atoms with Crippen molar-refractivity contribution < 1.29 is 28.8 Å². The number of nitrogens with one attached hydrogen (secondary N) is 1. The molecule has 0 heterocycles. The Hall–Kier alpha value is -3.17. The van der Waals surface area contributed by atoms with E-state index >= 15 is 0 Å². The van der Waals surface area contributed by atoms with Gasteiger partial charge in [0, 0.05) is 33.1 Å². The minimum Gasteiger partial charge on any atom is -0.469 e. The molecule has 1 rings (SSSR count). The SMILES string of the molecule is COC(=O)CCCNC(=O)COC(=O)c1ccc(N(C)C)c([N+](=O)[O-])c1. The first-order valence-corrected chi connectivity index (χ1v) is 7.72. The van der Waals surface area contributed by atoms with Crippen LogP contribution in [0.1, 0.15) is 23.2 Å². The number of nitrogens with zero attached hydrogens (tertiary/aromatic N) is 2. The monoisotopic (exact) mass is 367 g/mol. The Bertz CT molecular complexity index is 688. The largest absolute Gasteiger partial charge is 0.469 e. The zero-order chi connectivity index (χ0) is 19.7. The Morgan fingerprint density at radius 1 is 1.27 bits per heavy atom. The van der Waals surface area contributed by atoms with Crippen molar-refractivity contribution in [3.63, 3.8) is 0 Å². The van der Waals surface area contributed by atoms with Gasteiger partial charge in [-0.05, 0) is 18.6 Å². The fraction of sp³-hybridized carbons (Fsp3) is 0.438. The lowest BCUT2D eigenvalue weighted by atomic mass is 10.1. The minimum atomic E-state index is -0.844. The van der Waals surface area contributed by atoms with E-state index in [1.807, 2.05) is 0 Å². The van der Waals surface area contributed by atoms with Crippen molar-refractivity contribution in [3.8, 4) is 0 Å². The van der Waals surface area contributed by atoms with Gasteiger partial charge < -0.3 is 19.7 Å². The number of amides is 1. The van der Waals surface area contributed by atoms with Crippen LogP contribution in [0.2, 0.25) is 0 Å². The summed E-state index contributed by atoms with van der Waals surface area (Å²) in [5.41, 5.74) is 0.0763. The smallest absolute Gasteiger partial charge is 0.338 e. The predicted octanol–water partition coefficient (Wildman–Crippen LogP) is 0.887. The van der Waals surface area contributed by atoms with E-state index in [9.17, 15) is 24.5 Å². The second-order valence-corrected chi connectivity index (χ2v) is 5.46. The summed E-state index contributed by atoms with van der Waals surface area (Å²) in [4.78, 5) is 46.5. The van der Waals surface area contributed by atoms with Crippen LogP contribution in [0.25, 0.3) is 0 Å². The van der Waals surface area contributed by atoms with Gasteiger partial charge in [0.15, 0.2) is 6.61 Å². The lowest BCUT2D eigenvalue weighted by Crippen LogP contribution is -2.30. The van der Waals surface area contributed by atoms with Crippen molar-refractivity contribution in [2.45, 2.75) is 12.8 Å². The summed E-state index contributed by atoms with van der Waals surface area (Å²) in [5, 5.41) is 13.6. The molecule has 0 atom stereocenters. The number of hydrogen-bond acceptors (Lipinski definition) is 8. The molecule has 0 aliphatic rings. The number of nitro groups is 1. The second-order valence-electron chi connectivity index (χ2n) is 5.46. The molecule has 1 N–H and O–H groups in total. The molecule has 0 fully saturated rings. The van der Waals surface area contributed by atoms with Crippen LogP contribution in [0.15, 0.2) is 18.2 Å². The molecule has 0 bridgehead atoms. The zero-order valence-corrected chi connectivity index (χ0v) is 14.8. The molecule has 142 valence electrons. The van der Waals surface area contributed by atoms with E-state index in [1.54, 1.807) is 19.0 Å². The van der Waals surface area contributed by atoms with Crippen LogP contribution in [-0.4, -0.2) is 57.1 Å². The average Bonchev–Trinajstić information content (AvgIpc) is 2.62. The maximum Gasteiger partial charge on any atom is 0.338 e. The van der Waals surface area contributed by atoms with Gasteiger partial charge in [-0.2, -0.15) is 0 Å². The topological polar surface area (TPSA) is 128 Å². The van der Waals surface area contributed by atoms with E-state index < -0.39 is 23.4 Å². The Kier molecular flexibility index (Phi) is 8.00. The second kappa shape index (κ2) is 9.97. The van der Waals surface area contributed by atoms with E-state index in [0.717, 1.165) is 6.07 Å². The summed E-state index contributed by atoms with van der Waals surface area (Å²) in [6.07, 6.45) is 0.559. The van der Waals surface area contributed by atoms with Gasteiger partial charge in [0.05, 0.1) is 17.6 Å². The number of carbonyl (C=O) groups is 3. The van der Waals surface area contributed by atoms with Gasteiger partial charge in [0.1, 0.15) is 5.69 Å². The highest BCUT2D eigenvalue weighted by Gasteiger charge is 2.20. The molecule has 0 saturated carbocycles. The number of hydrogen-bond donors (Lipinski definition) is 1. The zero-order valence-electron chi connectivity index (χ0n) is 14.8. The number of rotatable bonds is 9. The van der Waals surface area contributed by atoms with Gasteiger partial charge in [0.25, 0.3) is 11.6 Å². The molecule has 10 heteroatoms. The van der Waals surface area contributed by atoms with Crippen molar-refractivity contribution in [3.05, 3.63) is 33.9 Å². The van der Waals surface area contributed by atoms with E-state index in [0.29, 0.717) is 12.1 Å². The summed E-state index contributed by atoms with van der Waals surface area (Å²) < 4.78 is 9.31. The average molecular weight is 367 g/mol. The number of ether oxygens (including phenoxy) is 2. The third kappa shape index (κ3) is 6.38.